The van der Waals surface area contributed by atoms with E-state index in [1.807, 2.05) is 38.1 Å². The summed E-state index contributed by atoms with van der Waals surface area (Å²) in [6.45, 7) is 4.59. The molecule has 0 radical (unpaired) electrons. The van der Waals surface area contributed by atoms with Crippen molar-refractivity contribution in [1.82, 2.24) is 29.6 Å². The Hall–Kier alpha value is -4.22. The van der Waals surface area contributed by atoms with E-state index in [2.05, 4.69) is 10.6 Å². The number of nitrogens with one attached hydrogen (secondary N) is 2. The van der Waals surface area contributed by atoms with Crippen LogP contribution in [0.5, 0.6) is 0 Å². The standard InChI is InChI=1S/C31H42N6O6/c1-21(2)13-17-37-20-25(38)33-31(14-7-10-22-9-5-6-11-23(22)31)29(42)32-15-18-36(16-8-12-26(37)39)28(41)24-19-27(40)35(4)30(43)34(24)3/h5-6,9,11,19,21H,7-8,10,12-18,20H2,1-4H3,(H,32,42)(H,33,38). The number of nitrogens with zero attached hydrogens (tertiary/aromatic N) is 4. The molecule has 12 heteroatoms. The maximum absolute atomic E-state index is 14.0. The molecule has 1 aliphatic heterocycles. The number of carbonyl (C=O) groups excluding carboxylic acids is 4. The molecule has 1 saturated heterocycles. The molecule has 0 bridgehead atoms. The van der Waals surface area contributed by atoms with Gasteiger partial charge in [-0.25, -0.2) is 4.79 Å². The zero-order valence-electron chi connectivity index (χ0n) is 25.5. The second kappa shape index (κ2) is 13.4. The molecule has 4 rings (SSSR count). The smallest absolute Gasteiger partial charge is 0.331 e. The Kier molecular flexibility index (Phi) is 9.87. The molecule has 2 N–H and O–H groups in total. The van der Waals surface area contributed by atoms with Crippen LogP contribution in [0.4, 0.5) is 0 Å². The van der Waals surface area contributed by atoms with Crippen molar-refractivity contribution >= 4 is 23.6 Å². The Balaban J connectivity index is 1.69. The first kappa shape index (κ1) is 31.7. The number of aromatic nitrogens is 2. The molecule has 1 spiro atoms. The van der Waals surface area contributed by atoms with Crippen LogP contribution in [0.1, 0.15) is 67.6 Å². The van der Waals surface area contributed by atoms with Crippen molar-refractivity contribution in [3.05, 3.63) is 68.0 Å². The highest BCUT2D eigenvalue weighted by molar-refractivity contribution is 5.95. The van der Waals surface area contributed by atoms with E-state index in [0.29, 0.717) is 38.1 Å². The van der Waals surface area contributed by atoms with Crippen LogP contribution in [-0.4, -0.2) is 75.3 Å². The van der Waals surface area contributed by atoms with Gasteiger partial charge in [0.05, 0.1) is 6.54 Å². The highest BCUT2D eigenvalue weighted by Gasteiger charge is 2.44. The van der Waals surface area contributed by atoms with Gasteiger partial charge in [-0.05, 0) is 49.1 Å². The second-order valence-electron chi connectivity index (χ2n) is 11.9. The molecule has 1 aromatic heterocycles. The Morgan fingerprint density at radius 2 is 1.72 bits per heavy atom. The average molecular weight is 595 g/mol. The molecule has 1 aromatic carbocycles. The largest absolute Gasteiger partial charge is 0.352 e. The van der Waals surface area contributed by atoms with Crippen molar-refractivity contribution in [2.45, 2.75) is 57.9 Å². The molecule has 2 aliphatic rings. The normalized spacial score (nSPS) is 20.4. The maximum atomic E-state index is 14.0. The van der Waals surface area contributed by atoms with E-state index < -0.39 is 34.5 Å². The van der Waals surface area contributed by atoms with Gasteiger partial charge in [-0.2, -0.15) is 0 Å². The summed E-state index contributed by atoms with van der Waals surface area (Å²) in [6.07, 6.45) is 2.95. The van der Waals surface area contributed by atoms with Crippen molar-refractivity contribution in [2.24, 2.45) is 20.0 Å². The first-order valence-corrected chi connectivity index (χ1v) is 15.0. The summed E-state index contributed by atoms with van der Waals surface area (Å²) in [4.78, 5) is 82.3. The average Bonchev–Trinajstić information content (AvgIpc) is 2.98. The van der Waals surface area contributed by atoms with E-state index in [1.54, 1.807) is 0 Å². The van der Waals surface area contributed by atoms with Gasteiger partial charge in [0.2, 0.25) is 11.8 Å². The van der Waals surface area contributed by atoms with Crippen LogP contribution in [0.2, 0.25) is 0 Å². The predicted octanol–water partition coefficient (Wildman–Crippen LogP) is 0.659. The second-order valence-corrected chi connectivity index (χ2v) is 11.9. The lowest BCUT2D eigenvalue weighted by Crippen LogP contribution is -2.60. The van der Waals surface area contributed by atoms with Gasteiger partial charge in [0, 0.05) is 52.8 Å². The molecular formula is C31H42N6O6. The van der Waals surface area contributed by atoms with Crippen LogP contribution >= 0.6 is 0 Å². The van der Waals surface area contributed by atoms with Crippen LogP contribution in [0.25, 0.3) is 0 Å². The third-order valence-corrected chi connectivity index (χ3v) is 8.40. The summed E-state index contributed by atoms with van der Waals surface area (Å²) in [6, 6.07) is 8.67. The third kappa shape index (κ3) is 6.89. The molecule has 0 saturated carbocycles. The minimum absolute atomic E-state index is 0.0671. The summed E-state index contributed by atoms with van der Waals surface area (Å²) >= 11 is 0. The number of fused-ring (bicyclic) bond motifs is 2. The predicted molar refractivity (Wildman–Crippen MR) is 160 cm³/mol. The monoisotopic (exact) mass is 594 g/mol. The fourth-order valence-corrected chi connectivity index (χ4v) is 5.86. The molecule has 1 unspecified atom stereocenters. The van der Waals surface area contributed by atoms with E-state index >= 15 is 0 Å². The number of rotatable bonds is 4. The van der Waals surface area contributed by atoms with Crippen molar-refractivity contribution in [3.8, 4) is 0 Å². The molecule has 4 amide bonds. The SMILES string of the molecule is CC(C)CCN1CC(=O)NC2(CCCc3ccccc32)C(=O)NCCN(C(=O)c2cc(=O)n(C)c(=O)n2C)CCCC1=O. The minimum Gasteiger partial charge on any atom is -0.352 e. The molecule has 12 nitrogen and oxygen atoms in total. The maximum Gasteiger partial charge on any atom is 0.331 e. The summed E-state index contributed by atoms with van der Waals surface area (Å²) < 4.78 is 2.04. The number of amides is 4. The van der Waals surface area contributed by atoms with Gasteiger partial charge in [-0.3, -0.25) is 33.1 Å². The lowest BCUT2D eigenvalue weighted by Gasteiger charge is -2.39. The minimum atomic E-state index is -1.33. The Labute approximate surface area is 251 Å². The van der Waals surface area contributed by atoms with E-state index in [0.717, 1.165) is 32.7 Å². The highest BCUT2D eigenvalue weighted by Crippen LogP contribution is 2.36. The number of aryl methyl sites for hydroxylation is 1. The van der Waals surface area contributed by atoms with Crippen LogP contribution in [0, 0.1) is 5.92 Å². The Morgan fingerprint density at radius 1 is 0.977 bits per heavy atom. The number of hydrogen-bond donors (Lipinski definition) is 2. The van der Waals surface area contributed by atoms with Crippen LogP contribution < -0.4 is 21.9 Å². The van der Waals surface area contributed by atoms with Crippen LogP contribution in [0.15, 0.2) is 39.9 Å². The van der Waals surface area contributed by atoms with Crippen LogP contribution in [-0.2, 0) is 40.4 Å². The van der Waals surface area contributed by atoms with Crippen molar-refractivity contribution in [2.75, 3.05) is 32.7 Å². The zero-order chi connectivity index (χ0) is 31.3. The summed E-state index contributed by atoms with van der Waals surface area (Å²) in [5, 5.41) is 5.95. The molecule has 1 fully saturated rings. The lowest BCUT2D eigenvalue weighted by molar-refractivity contribution is -0.139. The Morgan fingerprint density at radius 3 is 2.47 bits per heavy atom. The molecule has 2 aromatic rings. The lowest BCUT2D eigenvalue weighted by atomic mass is 9.75. The van der Waals surface area contributed by atoms with Gasteiger partial charge in [0.25, 0.3) is 17.4 Å². The van der Waals surface area contributed by atoms with Gasteiger partial charge in [0.15, 0.2) is 0 Å². The van der Waals surface area contributed by atoms with Crippen molar-refractivity contribution in [1.29, 1.82) is 0 Å². The van der Waals surface area contributed by atoms with Crippen LogP contribution in [0.3, 0.4) is 0 Å². The summed E-state index contributed by atoms with van der Waals surface area (Å²) in [5.41, 5.74) is -0.936. The molecule has 2 heterocycles. The van der Waals surface area contributed by atoms with E-state index in [1.165, 1.54) is 23.9 Å². The zero-order valence-corrected chi connectivity index (χ0v) is 25.5. The topological polar surface area (TPSA) is 143 Å². The molecule has 232 valence electrons. The van der Waals surface area contributed by atoms with Gasteiger partial charge in [-0.1, -0.05) is 38.1 Å². The fourth-order valence-electron chi connectivity index (χ4n) is 5.86. The summed E-state index contributed by atoms with van der Waals surface area (Å²) in [5.74, 6) is -1.25. The van der Waals surface area contributed by atoms with Gasteiger partial charge in [0.1, 0.15) is 11.2 Å². The number of carbonyl (C=O) groups is 4. The first-order chi connectivity index (χ1) is 20.4. The molecule has 43 heavy (non-hydrogen) atoms. The molecule has 1 aliphatic carbocycles. The van der Waals surface area contributed by atoms with Crippen molar-refractivity contribution in [3.63, 3.8) is 0 Å². The van der Waals surface area contributed by atoms with Gasteiger partial charge >= 0.3 is 5.69 Å². The first-order valence-electron chi connectivity index (χ1n) is 15.0. The highest BCUT2D eigenvalue weighted by atomic mass is 16.2. The van der Waals surface area contributed by atoms with E-state index in [9.17, 15) is 28.8 Å². The molecular weight excluding hydrogens is 552 g/mol. The number of benzene rings is 1. The van der Waals surface area contributed by atoms with E-state index in [-0.39, 0.29) is 44.2 Å². The fraction of sp³-hybridized carbons (Fsp3) is 0.548. The Bertz CT molecular complexity index is 1510. The number of hydrogen-bond acceptors (Lipinski definition) is 6. The summed E-state index contributed by atoms with van der Waals surface area (Å²) in [7, 11) is 2.76. The third-order valence-electron chi connectivity index (χ3n) is 8.40. The molecule has 1 atom stereocenters. The van der Waals surface area contributed by atoms with Gasteiger partial charge in [-0.15, -0.1) is 0 Å². The van der Waals surface area contributed by atoms with E-state index in [4.69, 9.17) is 0 Å². The van der Waals surface area contributed by atoms with Gasteiger partial charge < -0.3 is 20.4 Å². The quantitative estimate of drug-likeness (QED) is 0.533. The van der Waals surface area contributed by atoms with Crippen molar-refractivity contribution < 1.29 is 19.2 Å².